The smallest absolute Gasteiger partial charge is 0.205 e. The average Bonchev–Trinajstić information content (AvgIpc) is 3.06. The molecule has 0 saturated heterocycles. The predicted molar refractivity (Wildman–Crippen MR) is 72.6 cm³/mol. The minimum absolute atomic E-state index is 0.0569. The van der Waals surface area contributed by atoms with Gasteiger partial charge in [0.25, 0.3) is 0 Å². The van der Waals surface area contributed by atoms with Crippen molar-refractivity contribution in [2.75, 3.05) is 7.11 Å². The van der Waals surface area contributed by atoms with E-state index in [0.29, 0.717) is 5.56 Å². The van der Waals surface area contributed by atoms with Crippen LogP contribution >= 0.6 is 11.3 Å². The second-order valence-electron chi connectivity index (χ2n) is 3.92. The number of nitrogens with one attached hydrogen (secondary N) is 1. The number of aromatic amines is 1. The van der Waals surface area contributed by atoms with Crippen LogP contribution in [0.2, 0.25) is 0 Å². The van der Waals surface area contributed by atoms with Crippen molar-refractivity contribution >= 4 is 28.0 Å². The maximum atomic E-state index is 12.3. The quantitative estimate of drug-likeness (QED) is 0.730. The summed E-state index contributed by atoms with van der Waals surface area (Å²) in [5.41, 5.74) is 1.62. The largest absolute Gasteiger partial charge is 0.497 e. The number of ketones is 1. The summed E-state index contributed by atoms with van der Waals surface area (Å²) in [5.74, 6) is 0.834. The number of aromatic nitrogens is 1. The summed E-state index contributed by atoms with van der Waals surface area (Å²) in [5, 5.41) is 2.83. The molecule has 3 rings (SSSR count). The van der Waals surface area contributed by atoms with E-state index in [1.165, 1.54) is 11.3 Å². The Kier molecular flexibility index (Phi) is 2.64. The highest BCUT2D eigenvalue weighted by Gasteiger charge is 2.15. The van der Waals surface area contributed by atoms with Crippen molar-refractivity contribution in [1.82, 2.24) is 4.98 Å². The second kappa shape index (κ2) is 4.31. The summed E-state index contributed by atoms with van der Waals surface area (Å²) in [4.78, 5) is 16.2. The van der Waals surface area contributed by atoms with Gasteiger partial charge < -0.3 is 9.72 Å². The van der Waals surface area contributed by atoms with Gasteiger partial charge in [0, 0.05) is 28.7 Å². The predicted octanol–water partition coefficient (Wildman–Crippen LogP) is 3.47. The van der Waals surface area contributed by atoms with E-state index >= 15 is 0 Å². The molecule has 0 radical (unpaired) electrons. The fraction of sp³-hybridized carbons (Fsp3) is 0.0714. The molecule has 3 aromatic rings. The van der Waals surface area contributed by atoms with Crippen LogP contribution in [0.5, 0.6) is 5.75 Å². The number of benzene rings is 1. The lowest BCUT2D eigenvalue weighted by Gasteiger charge is -2.00. The average molecular weight is 257 g/mol. The van der Waals surface area contributed by atoms with Crippen molar-refractivity contribution in [1.29, 1.82) is 0 Å². The maximum Gasteiger partial charge on any atom is 0.205 e. The molecule has 0 atom stereocenters. The number of rotatable bonds is 3. The first-order valence-corrected chi connectivity index (χ1v) is 6.41. The zero-order valence-corrected chi connectivity index (χ0v) is 10.6. The second-order valence-corrected chi connectivity index (χ2v) is 4.87. The van der Waals surface area contributed by atoms with Crippen LogP contribution in [0.1, 0.15) is 15.2 Å². The zero-order valence-electron chi connectivity index (χ0n) is 9.77. The van der Waals surface area contributed by atoms with Crippen molar-refractivity contribution in [2.45, 2.75) is 0 Å². The van der Waals surface area contributed by atoms with Gasteiger partial charge in [0.05, 0.1) is 12.0 Å². The monoisotopic (exact) mass is 257 g/mol. The van der Waals surface area contributed by atoms with Crippen molar-refractivity contribution in [2.24, 2.45) is 0 Å². The molecule has 2 aromatic heterocycles. The van der Waals surface area contributed by atoms with Crippen LogP contribution in [-0.2, 0) is 0 Å². The zero-order chi connectivity index (χ0) is 12.5. The van der Waals surface area contributed by atoms with E-state index in [9.17, 15) is 4.79 Å². The molecule has 0 amide bonds. The maximum absolute atomic E-state index is 12.3. The Labute approximate surface area is 108 Å². The van der Waals surface area contributed by atoms with E-state index in [1.807, 2.05) is 35.7 Å². The van der Waals surface area contributed by atoms with Crippen LogP contribution in [0.25, 0.3) is 10.9 Å². The van der Waals surface area contributed by atoms with Crippen LogP contribution in [-0.4, -0.2) is 17.9 Å². The van der Waals surface area contributed by atoms with Gasteiger partial charge in [-0.05, 0) is 23.6 Å². The molecule has 18 heavy (non-hydrogen) atoms. The summed E-state index contributed by atoms with van der Waals surface area (Å²) in [7, 11) is 1.63. The molecule has 0 saturated carbocycles. The molecule has 4 heteroatoms. The normalized spacial score (nSPS) is 10.7. The van der Waals surface area contributed by atoms with Crippen LogP contribution < -0.4 is 4.74 Å². The number of carbonyl (C=O) groups excluding carboxylic acids is 1. The Bertz CT molecular complexity index is 698. The van der Waals surface area contributed by atoms with E-state index in [2.05, 4.69) is 4.98 Å². The Balaban J connectivity index is 2.11. The van der Waals surface area contributed by atoms with Gasteiger partial charge in [-0.1, -0.05) is 6.07 Å². The number of carbonyl (C=O) groups is 1. The van der Waals surface area contributed by atoms with Crippen molar-refractivity contribution in [3.8, 4) is 5.75 Å². The Morgan fingerprint density at radius 2 is 2.22 bits per heavy atom. The van der Waals surface area contributed by atoms with Gasteiger partial charge in [-0.25, -0.2) is 0 Å². The fourth-order valence-corrected chi connectivity index (χ4v) is 2.64. The van der Waals surface area contributed by atoms with Crippen molar-refractivity contribution in [3.63, 3.8) is 0 Å². The van der Waals surface area contributed by atoms with Crippen LogP contribution in [0.3, 0.4) is 0 Å². The van der Waals surface area contributed by atoms with Gasteiger partial charge in [-0.15, -0.1) is 11.3 Å². The Morgan fingerprint density at radius 3 is 2.94 bits per heavy atom. The number of fused-ring (bicyclic) bond motifs is 1. The summed E-state index contributed by atoms with van der Waals surface area (Å²) >= 11 is 1.46. The van der Waals surface area contributed by atoms with E-state index in [-0.39, 0.29) is 5.78 Å². The topological polar surface area (TPSA) is 42.1 Å². The first-order chi connectivity index (χ1) is 8.79. The standard InChI is InChI=1S/C14H11NO2S/c1-17-9-4-5-10-11(8-15-12(10)7-9)14(16)13-3-2-6-18-13/h2-8,15H,1H3. The number of methoxy groups -OCH3 is 1. The summed E-state index contributed by atoms with van der Waals surface area (Å²) in [6, 6.07) is 9.39. The summed E-state index contributed by atoms with van der Waals surface area (Å²) in [6.07, 6.45) is 1.76. The van der Waals surface area contributed by atoms with Gasteiger partial charge >= 0.3 is 0 Å². The molecule has 0 aliphatic heterocycles. The van der Waals surface area contributed by atoms with Gasteiger partial charge in [-0.3, -0.25) is 4.79 Å². The lowest BCUT2D eigenvalue weighted by molar-refractivity contribution is 0.104. The van der Waals surface area contributed by atoms with Gasteiger partial charge in [0.1, 0.15) is 5.75 Å². The highest BCUT2D eigenvalue weighted by atomic mass is 32.1. The molecule has 3 nitrogen and oxygen atoms in total. The van der Waals surface area contributed by atoms with Crippen molar-refractivity contribution < 1.29 is 9.53 Å². The highest BCUT2D eigenvalue weighted by Crippen LogP contribution is 2.26. The first kappa shape index (κ1) is 11.0. The molecule has 0 aliphatic rings. The molecule has 0 spiro atoms. The van der Waals surface area contributed by atoms with Crippen molar-refractivity contribution in [3.05, 3.63) is 52.3 Å². The third kappa shape index (κ3) is 1.71. The summed E-state index contributed by atoms with van der Waals surface area (Å²) in [6.45, 7) is 0. The van der Waals surface area contributed by atoms with E-state index < -0.39 is 0 Å². The molecule has 0 unspecified atom stereocenters. The third-order valence-electron chi connectivity index (χ3n) is 2.88. The van der Waals surface area contributed by atoms with Gasteiger partial charge in [0.15, 0.2) is 0 Å². The van der Waals surface area contributed by atoms with Gasteiger partial charge in [-0.2, -0.15) is 0 Å². The van der Waals surface area contributed by atoms with E-state index in [4.69, 9.17) is 4.74 Å². The molecule has 1 aromatic carbocycles. The molecule has 2 heterocycles. The molecular formula is C14H11NO2S. The molecule has 0 bridgehead atoms. The molecule has 0 fully saturated rings. The van der Waals surface area contributed by atoms with Crippen LogP contribution in [0.15, 0.2) is 41.9 Å². The Hall–Kier alpha value is -2.07. The van der Waals surface area contributed by atoms with Gasteiger partial charge in [0.2, 0.25) is 5.78 Å². The number of H-pyrrole nitrogens is 1. The third-order valence-corrected chi connectivity index (χ3v) is 3.75. The lowest BCUT2D eigenvalue weighted by Crippen LogP contribution is -1.96. The Morgan fingerprint density at radius 1 is 1.33 bits per heavy atom. The van der Waals surface area contributed by atoms with E-state index in [1.54, 1.807) is 13.3 Å². The minimum atomic E-state index is 0.0569. The number of thiophene rings is 1. The SMILES string of the molecule is COc1ccc2c(C(=O)c3cccs3)c[nH]c2c1. The number of hydrogen-bond acceptors (Lipinski definition) is 3. The number of hydrogen-bond donors (Lipinski definition) is 1. The minimum Gasteiger partial charge on any atom is -0.497 e. The molecule has 0 aliphatic carbocycles. The first-order valence-electron chi connectivity index (χ1n) is 5.53. The van der Waals surface area contributed by atoms with Crippen LogP contribution in [0, 0.1) is 0 Å². The molecule has 90 valence electrons. The summed E-state index contributed by atoms with van der Waals surface area (Å²) < 4.78 is 5.16. The molecule has 1 N–H and O–H groups in total. The lowest BCUT2D eigenvalue weighted by atomic mass is 10.1. The van der Waals surface area contributed by atoms with E-state index in [0.717, 1.165) is 21.5 Å². The number of ether oxygens (including phenoxy) is 1. The fourth-order valence-electron chi connectivity index (χ4n) is 1.96. The highest BCUT2D eigenvalue weighted by molar-refractivity contribution is 7.12. The molecular weight excluding hydrogens is 246 g/mol. The van der Waals surface area contributed by atoms with Crippen LogP contribution in [0.4, 0.5) is 0 Å².